The first-order chi connectivity index (χ1) is 16.2. The lowest BCUT2D eigenvalue weighted by Crippen LogP contribution is -2.32. The first kappa shape index (κ1) is 24.7. The van der Waals surface area contributed by atoms with Gasteiger partial charge in [0.25, 0.3) is 11.8 Å². The third-order valence-corrected chi connectivity index (χ3v) is 5.30. The standard InChI is InChI=1S/C26H23ClN2O5/c1-16-8-9-19(12-17(16)2)26(33)28-14-24(31)34-15-23(30)29-22-11-10-20(27)13-21(22)25(32)18-6-4-3-5-7-18/h3-13H,14-15H2,1-2H3,(H,28,33)(H,29,30). The Morgan fingerprint density at radius 2 is 1.59 bits per heavy atom. The fourth-order valence-corrected chi connectivity index (χ4v) is 3.25. The van der Waals surface area contributed by atoms with Gasteiger partial charge in [0.2, 0.25) is 0 Å². The van der Waals surface area contributed by atoms with E-state index in [4.69, 9.17) is 16.3 Å². The van der Waals surface area contributed by atoms with Crippen LogP contribution in [0.3, 0.4) is 0 Å². The number of ether oxygens (including phenoxy) is 1. The Bertz CT molecular complexity index is 1240. The maximum absolute atomic E-state index is 12.8. The van der Waals surface area contributed by atoms with Crippen molar-refractivity contribution in [3.63, 3.8) is 0 Å². The molecule has 0 aliphatic rings. The van der Waals surface area contributed by atoms with Gasteiger partial charge in [0, 0.05) is 21.7 Å². The monoisotopic (exact) mass is 478 g/mol. The molecule has 0 spiro atoms. The van der Waals surface area contributed by atoms with E-state index in [1.807, 2.05) is 19.9 Å². The zero-order chi connectivity index (χ0) is 24.7. The largest absolute Gasteiger partial charge is 0.454 e. The molecule has 174 valence electrons. The Morgan fingerprint density at radius 1 is 0.853 bits per heavy atom. The molecule has 34 heavy (non-hydrogen) atoms. The van der Waals surface area contributed by atoms with Crippen LogP contribution in [0.1, 0.15) is 37.4 Å². The molecular weight excluding hydrogens is 456 g/mol. The summed E-state index contributed by atoms with van der Waals surface area (Å²) in [5, 5.41) is 5.36. The fourth-order valence-electron chi connectivity index (χ4n) is 3.08. The predicted molar refractivity (Wildman–Crippen MR) is 129 cm³/mol. The molecule has 0 fully saturated rings. The molecule has 0 radical (unpaired) electrons. The molecule has 3 aromatic rings. The van der Waals surface area contributed by atoms with Crippen LogP contribution in [0, 0.1) is 13.8 Å². The molecule has 0 heterocycles. The Kier molecular flexibility index (Phi) is 8.16. The number of ketones is 1. The molecular formula is C26H23ClN2O5. The van der Waals surface area contributed by atoms with Gasteiger partial charge in [0.1, 0.15) is 6.54 Å². The van der Waals surface area contributed by atoms with Crippen molar-refractivity contribution in [2.24, 2.45) is 0 Å². The van der Waals surface area contributed by atoms with Crippen molar-refractivity contribution in [2.75, 3.05) is 18.5 Å². The second-order valence-electron chi connectivity index (χ2n) is 7.58. The van der Waals surface area contributed by atoms with E-state index in [1.54, 1.807) is 42.5 Å². The van der Waals surface area contributed by atoms with E-state index >= 15 is 0 Å². The van der Waals surface area contributed by atoms with Gasteiger partial charge >= 0.3 is 5.97 Å². The van der Waals surface area contributed by atoms with Crippen LogP contribution >= 0.6 is 11.6 Å². The van der Waals surface area contributed by atoms with Gasteiger partial charge in [-0.25, -0.2) is 0 Å². The van der Waals surface area contributed by atoms with Gasteiger partial charge in [-0.15, -0.1) is 0 Å². The number of carbonyl (C=O) groups excluding carboxylic acids is 4. The SMILES string of the molecule is Cc1ccc(C(=O)NCC(=O)OCC(=O)Nc2ccc(Cl)cc2C(=O)c2ccccc2)cc1C. The summed E-state index contributed by atoms with van der Waals surface area (Å²) in [6, 6.07) is 18.3. The minimum atomic E-state index is -0.774. The third kappa shape index (κ3) is 6.52. The normalized spacial score (nSPS) is 10.3. The highest BCUT2D eigenvalue weighted by atomic mass is 35.5. The number of aryl methyl sites for hydroxylation is 2. The molecule has 0 aliphatic carbocycles. The Morgan fingerprint density at radius 3 is 2.29 bits per heavy atom. The molecule has 0 atom stereocenters. The number of hydrogen-bond acceptors (Lipinski definition) is 5. The minimum Gasteiger partial charge on any atom is -0.454 e. The number of hydrogen-bond donors (Lipinski definition) is 2. The number of rotatable bonds is 8. The summed E-state index contributed by atoms with van der Waals surface area (Å²) < 4.78 is 4.94. The van der Waals surface area contributed by atoms with E-state index in [1.165, 1.54) is 18.2 Å². The van der Waals surface area contributed by atoms with Gasteiger partial charge in [-0.3, -0.25) is 19.2 Å². The summed E-state index contributed by atoms with van der Waals surface area (Å²) in [4.78, 5) is 49.3. The zero-order valence-electron chi connectivity index (χ0n) is 18.7. The maximum Gasteiger partial charge on any atom is 0.325 e. The van der Waals surface area contributed by atoms with Crippen LogP contribution in [0.5, 0.6) is 0 Å². The molecule has 0 unspecified atom stereocenters. The maximum atomic E-state index is 12.8. The highest BCUT2D eigenvalue weighted by molar-refractivity contribution is 6.31. The van der Waals surface area contributed by atoms with Crippen LogP contribution in [-0.2, 0) is 14.3 Å². The topological polar surface area (TPSA) is 102 Å². The summed E-state index contributed by atoms with van der Waals surface area (Å²) in [5.74, 6) is -2.15. The average molecular weight is 479 g/mol. The third-order valence-electron chi connectivity index (χ3n) is 5.06. The molecule has 7 nitrogen and oxygen atoms in total. The van der Waals surface area contributed by atoms with Crippen LogP contribution in [0.25, 0.3) is 0 Å². The summed E-state index contributed by atoms with van der Waals surface area (Å²) in [5.41, 5.74) is 3.31. The molecule has 0 saturated heterocycles. The number of carbonyl (C=O) groups is 4. The fraction of sp³-hybridized carbons (Fsp3) is 0.154. The van der Waals surface area contributed by atoms with Crippen molar-refractivity contribution >= 4 is 40.9 Å². The number of nitrogens with one attached hydrogen (secondary N) is 2. The van der Waals surface area contributed by atoms with Crippen LogP contribution in [-0.4, -0.2) is 36.7 Å². The van der Waals surface area contributed by atoms with E-state index in [2.05, 4.69) is 10.6 Å². The van der Waals surface area contributed by atoms with Crippen LogP contribution in [0.2, 0.25) is 5.02 Å². The number of benzene rings is 3. The van der Waals surface area contributed by atoms with Gasteiger partial charge < -0.3 is 15.4 Å². The lowest BCUT2D eigenvalue weighted by atomic mass is 10.0. The minimum absolute atomic E-state index is 0.207. The predicted octanol–water partition coefficient (Wildman–Crippen LogP) is 4.10. The van der Waals surface area contributed by atoms with Crippen molar-refractivity contribution in [2.45, 2.75) is 13.8 Å². The van der Waals surface area contributed by atoms with E-state index in [-0.39, 0.29) is 17.0 Å². The van der Waals surface area contributed by atoms with Crippen molar-refractivity contribution in [3.8, 4) is 0 Å². The molecule has 2 N–H and O–H groups in total. The number of anilines is 1. The molecule has 2 amide bonds. The van der Waals surface area contributed by atoms with Gasteiger partial charge in [-0.05, 0) is 55.3 Å². The number of halogens is 1. The van der Waals surface area contributed by atoms with Crippen molar-refractivity contribution in [3.05, 3.63) is 99.6 Å². The lowest BCUT2D eigenvalue weighted by molar-refractivity contribution is -0.146. The Balaban J connectivity index is 1.55. The second-order valence-corrected chi connectivity index (χ2v) is 8.01. The van der Waals surface area contributed by atoms with Crippen LogP contribution in [0.15, 0.2) is 66.7 Å². The van der Waals surface area contributed by atoms with E-state index in [0.29, 0.717) is 16.1 Å². The molecule has 3 aromatic carbocycles. The van der Waals surface area contributed by atoms with E-state index in [9.17, 15) is 19.2 Å². The summed E-state index contributed by atoms with van der Waals surface area (Å²) >= 11 is 6.04. The van der Waals surface area contributed by atoms with E-state index < -0.39 is 30.9 Å². The first-order valence-corrected chi connectivity index (χ1v) is 10.8. The van der Waals surface area contributed by atoms with Gasteiger partial charge in [-0.1, -0.05) is 48.0 Å². The highest BCUT2D eigenvalue weighted by Gasteiger charge is 2.17. The van der Waals surface area contributed by atoms with Crippen molar-refractivity contribution in [1.29, 1.82) is 0 Å². The molecule has 0 aliphatic heterocycles. The molecule has 0 saturated carbocycles. The summed E-state index contributed by atoms with van der Waals surface area (Å²) in [6.45, 7) is 2.85. The Hall–Kier alpha value is -3.97. The van der Waals surface area contributed by atoms with Gasteiger partial charge in [-0.2, -0.15) is 0 Å². The van der Waals surface area contributed by atoms with Gasteiger partial charge in [0.05, 0.1) is 5.69 Å². The average Bonchev–Trinajstić information content (AvgIpc) is 2.84. The number of amides is 2. The molecule has 3 rings (SSSR count). The van der Waals surface area contributed by atoms with E-state index in [0.717, 1.165) is 11.1 Å². The first-order valence-electron chi connectivity index (χ1n) is 10.4. The second kappa shape index (κ2) is 11.2. The molecule has 8 heteroatoms. The lowest BCUT2D eigenvalue weighted by Gasteiger charge is -2.12. The van der Waals surface area contributed by atoms with Gasteiger partial charge in [0.15, 0.2) is 12.4 Å². The molecule has 0 aromatic heterocycles. The number of esters is 1. The van der Waals surface area contributed by atoms with Crippen molar-refractivity contribution < 1.29 is 23.9 Å². The van der Waals surface area contributed by atoms with Crippen LogP contribution < -0.4 is 10.6 Å². The summed E-state index contributed by atoms with van der Waals surface area (Å²) in [7, 11) is 0. The summed E-state index contributed by atoms with van der Waals surface area (Å²) in [6.07, 6.45) is 0. The Labute approximate surface area is 202 Å². The zero-order valence-corrected chi connectivity index (χ0v) is 19.4. The van der Waals surface area contributed by atoms with Crippen LogP contribution in [0.4, 0.5) is 5.69 Å². The molecule has 0 bridgehead atoms. The quantitative estimate of drug-likeness (QED) is 0.375. The van der Waals surface area contributed by atoms with Crippen molar-refractivity contribution in [1.82, 2.24) is 5.32 Å². The smallest absolute Gasteiger partial charge is 0.325 e. The highest BCUT2D eigenvalue weighted by Crippen LogP contribution is 2.23.